The molecule has 1 saturated heterocycles. The van der Waals surface area contributed by atoms with E-state index in [-0.39, 0.29) is 40.3 Å². The Kier molecular flexibility index (Phi) is 10.3. The van der Waals surface area contributed by atoms with Crippen LogP contribution in [0.1, 0.15) is 87.5 Å². The van der Waals surface area contributed by atoms with Crippen molar-refractivity contribution >= 4 is 11.8 Å². The molecule has 6 N–H and O–H groups in total. The Bertz CT molecular complexity index is 1290. The third-order valence-electron chi connectivity index (χ3n) is 13.5. The summed E-state index contributed by atoms with van der Waals surface area (Å²) < 4.78 is 17.2. The lowest BCUT2D eigenvalue weighted by molar-refractivity contribution is -0.323. The van der Waals surface area contributed by atoms with Gasteiger partial charge >= 0.3 is 5.97 Å². The summed E-state index contributed by atoms with van der Waals surface area (Å²) in [5, 5.41) is 64.2. The van der Waals surface area contributed by atoms with E-state index in [9.17, 15) is 40.2 Å². The summed E-state index contributed by atoms with van der Waals surface area (Å²) >= 11 is 0. The lowest BCUT2D eigenvalue weighted by Crippen LogP contribution is -2.62. The summed E-state index contributed by atoms with van der Waals surface area (Å²) in [5.41, 5.74) is -0.992. The third-order valence-corrected chi connectivity index (χ3v) is 13.5. The second kappa shape index (κ2) is 13.1. The highest BCUT2D eigenvalue weighted by molar-refractivity contribution is 5.92. The number of hydrogen-bond donors (Lipinski definition) is 6. The highest BCUT2D eigenvalue weighted by Gasteiger charge is 2.67. The van der Waals surface area contributed by atoms with Gasteiger partial charge in [0.15, 0.2) is 12.1 Å². The maximum atomic E-state index is 13.5. The first-order valence-corrected chi connectivity index (χ1v) is 17.7. The molecule has 0 radical (unpaired) electrons. The number of aliphatic hydroxyl groups excluding tert-OH is 6. The Hall–Kier alpha value is -1.70. The van der Waals surface area contributed by atoms with E-state index < -0.39 is 78.5 Å². The number of aliphatic hydroxyl groups is 6. The van der Waals surface area contributed by atoms with Crippen molar-refractivity contribution in [2.45, 2.75) is 142 Å². The van der Waals surface area contributed by atoms with Crippen molar-refractivity contribution in [2.24, 2.45) is 45.8 Å². The van der Waals surface area contributed by atoms with Crippen LogP contribution in [0.15, 0.2) is 23.8 Å². The van der Waals surface area contributed by atoms with E-state index in [0.29, 0.717) is 12.8 Å². The van der Waals surface area contributed by atoms with Crippen molar-refractivity contribution in [2.75, 3.05) is 6.61 Å². The van der Waals surface area contributed by atoms with Gasteiger partial charge in [0.05, 0.1) is 24.9 Å². The third kappa shape index (κ3) is 6.14. The fourth-order valence-electron chi connectivity index (χ4n) is 10.8. The molecular weight excluding hydrogens is 620 g/mol. The van der Waals surface area contributed by atoms with Crippen molar-refractivity contribution in [3.05, 3.63) is 23.8 Å². The molecule has 11 nitrogen and oxygen atoms in total. The van der Waals surface area contributed by atoms with Gasteiger partial charge in [0.2, 0.25) is 0 Å². The molecule has 1 heterocycles. The second-order valence-corrected chi connectivity index (χ2v) is 16.9. The van der Waals surface area contributed by atoms with E-state index in [1.165, 1.54) is 18.6 Å². The minimum atomic E-state index is -1.58. The number of ether oxygens (including phenoxy) is 3. The Labute approximate surface area is 284 Å². The Morgan fingerprint density at radius 1 is 1.06 bits per heavy atom. The van der Waals surface area contributed by atoms with Crippen molar-refractivity contribution < 1.29 is 54.4 Å². The average Bonchev–Trinajstić information content (AvgIpc) is 3.22. The van der Waals surface area contributed by atoms with E-state index in [2.05, 4.69) is 19.9 Å². The molecule has 15 atom stereocenters. The second-order valence-electron chi connectivity index (χ2n) is 16.9. The van der Waals surface area contributed by atoms with Gasteiger partial charge in [0.25, 0.3) is 0 Å². The summed E-state index contributed by atoms with van der Waals surface area (Å²) in [4.78, 5) is 25.1. The van der Waals surface area contributed by atoms with Crippen LogP contribution >= 0.6 is 0 Å². The van der Waals surface area contributed by atoms with Crippen LogP contribution in [-0.4, -0.2) is 104 Å². The molecule has 0 bridgehead atoms. The van der Waals surface area contributed by atoms with E-state index >= 15 is 0 Å². The van der Waals surface area contributed by atoms with Crippen LogP contribution in [0.25, 0.3) is 0 Å². The van der Waals surface area contributed by atoms with Crippen LogP contribution in [0, 0.1) is 45.8 Å². The Morgan fingerprint density at radius 2 is 1.73 bits per heavy atom. The van der Waals surface area contributed by atoms with Gasteiger partial charge in [-0.3, -0.25) is 9.59 Å². The maximum Gasteiger partial charge on any atom is 0.303 e. The number of carbonyl (C=O) groups is 2. The molecule has 0 unspecified atom stereocenters. The molecule has 48 heavy (non-hydrogen) atoms. The molecule has 0 aromatic carbocycles. The first kappa shape index (κ1) is 37.6. The van der Waals surface area contributed by atoms with Crippen LogP contribution in [0.5, 0.6) is 0 Å². The summed E-state index contributed by atoms with van der Waals surface area (Å²) in [5.74, 6) is -0.726. The van der Waals surface area contributed by atoms with Crippen molar-refractivity contribution in [3.63, 3.8) is 0 Å². The molecule has 0 aromatic heterocycles. The Morgan fingerprint density at radius 3 is 2.35 bits per heavy atom. The van der Waals surface area contributed by atoms with Gasteiger partial charge in [0.1, 0.15) is 30.0 Å². The predicted octanol–water partition coefficient (Wildman–Crippen LogP) is 2.43. The fraction of sp³-hybridized carbons (Fsp3) is 0.838. The molecule has 0 aromatic rings. The van der Waals surface area contributed by atoms with Crippen LogP contribution in [0.4, 0.5) is 0 Å². The minimum absolute atomic E-state index is 0.0556. The molecule has 0 amide bonds. The molecule has 3 saturated carbocycles. The Balaban J connectivity index is 1.38. The van der Waals surface area contributed by atoms with E-state index in [1.54, 1.807) is 19.9 Å². The fourth-order valence-corrected chi connectivity index (χ4v) is 10.8. The average molecular weight is 679 g/mol. The van der Waals surface area contributed by atoms with Crippen molar-refractivity contribution in [3.8, 4) is 0 Å². The standard InChI is InChI=1S/C37H58O11/c1-18(24(40)12-13-34(3,4)48-19(2)39)28-25(41)16-37(8)23-10-9-22-21(20(23)11-14-36(28,37)7)15-26(32(45)35(22,5)6)46-33-31(44)30(43)29(42)27(17-38)47-33/h9,12-13,18,20-21,23,25-33,38,41-45H,10-11,14-17H2,1-8H3/b13-12+/t18-,20-,21+,23-,25-,26+,27-,28+,29-,30+,31-,32+,33-,36-,37+/m1/s1. The van der Waals surface area contributed by atoms with Crippen LogP contribution in [0.3, 0.4) is 0 Å². The molecular formula is C37H58O11. The predicted molar refractivity (Wildman–Crippen MR) is 175 cm³/mol. The smallest absolute Gasteiger partial charge is 0.303 e. The van der Waals surface area contributed by atoms with Gasteiger partial charge in [-0.05, 0) is 86.7 Å². The number of rotatable bonds is 8. The molecule has 0 spiro atoms. The summed E-state index contributed by atoms with van der Waals surface area (Å²) in [6.45, 7) is 14.6. The normalized spacial score (nSPS) is 46.2. The zero-order chi connectivity index (χ0) is 35.7. The first-order valence-electron chi connectivity index (χ1n) is 17.7. The SMILES string of the molecule is CC(=O)OC(C)(C)/C=C/C(=O)[C@@H](C)[C@H]1[C@H](O)C[C@@]2(C)[C@@H]3CC=C4[C@@H](C[C@H](O[C@@H]5O[C@H](CO)[C@@H](O)[C@H](O)[C@H]5O)[C@H](O)C4(C)C)[C@H]3CC[C@]12C. The number of carbonyl (C=O) groups excluding carboxylic acids is 2. The molecule has 5 rings (SSSR count). The number of ketones is 1. The van der Waals surface area contributed by atoms with Crippen molar-refractivity contribution in [1.82, 2.24) is 0 Å². The number of fused-ring (bicyclic) bond motifs is 5. The monoisotopic (exact) mass is 678 g/mol. The molecule has 272 valence electrons. The van der Waals surface area contributed by atoms with Crippen LogP contribution in [-0.2, 0) is 23.8 Å². The molecule has 5 aliphatic rings. The molecule has 4 aliphatic carbocycles. The minimum Gasteiger partial charge on any atom is -0.456 e. The lowest BCUT2D eigenvalue weighted by Gasteiger charge is -2.61. The zero-order valence-corrected chi connectivity index (χ0v) is 29.7. The summed E-state index contributed by atoms with van der Waals surface area (Å²) in [7, 11) is 0. The highest BCUT2D eigenvalue weighted by Crippen LogP contribution is 2.71. The largest absolute Gasteiger partial charge is 0.456 e. The summed E-state index contributed by atoms with van der Waals surface area (Å²) in [6, 6.07) is 0. The van der Waals surface area contributed by atoms with E-state index in [0.717, 1.165) is 19.3 Å². The number of hydrogen-bond acceptors (Lipinski definition) is 11. The van der Waals surface area contributed by atoms with E-state index in [1.807, 2.05) is 20.8 Å². The quantitative estimate of drug-likeness (QED) is 0.126. The lowest BCUT2D eigenvalue weighted by atomic mass is 9.43. The highest BCUT2D eigenvalue weighted by atomic mass is 16.7. The first-order chi connectivity index (χ1) is 22.2. The van der Waals surface area contributed by atoms with Gasteiger partial charge in [-0.1, -0.05) is 46.3 Å². The number of esters is 1. The van der Waals surface area contributed by atoms with Crippen LogP contribution in [0.2, 0.25) is 0 Å². The molecule has 1 aliphatic heterocycles. The zero-order valence-electron chi connectivity index (χ0n) is 29.7. The maximum absolute atomic E-state index is 13.5. The summed E-state index contributed by atoms with van der Waals surface area (Å²) in [6.07, 6.45) is -0.540. The topological polar surface area (TPSA) is 183 Å². The van der Waals surface area contributed by atoms with Gasteiger partial charge < -0.3 is 44.8 Å². The molecule has 11 heteroatoms. The molecule has 4 fully saturated rings. The number of allylic oxidation sites excluding steroid dienone is 2. The van der Waals surface area contributed by atoms with Gasteiger partial charge in [0, 0.05) is 24.2 Å². The van der Waals surface area contributed by atoms with E-state index in [4.69, 9.17) is 14.2 Å². The van der Waals surface area contributed by atoms with Crippen molar-refractivity contribution in [1.29, 1.82) is 0 Å². The van der Waals surface area contributed by atoms with Gasteiger partial charge in [-0.2, -0.15) is 0 Å². The van der Waals surface area contributed by atoms with Gasteiger partial charge in [-0.15, -0.1) is 0 Å². The van der Waals surface area contributed by atoms with Gasteiger partial charge in [-0.25, -0.2) is 0 Å². The van der Waals surface area contributed by atoms with Crippen LogP contribution < -0.4 is 0 Å².